The third-order valence-electron chi connectivity index (χ3n) is 6.28. The molecule has 2 aromatic carbocycles. The normalized spacial score (nSPS) is 14.6. The van der Waals surface area contributed by atoms with Crippen LogP contribution in [0.3, 0.4) is 0 Å². The van der Waals surface area contributed by atoms with Crippen LogP contribution in [0.25, 0.3) is 21.8 Å². The highest BCUT2D eigenvalue weighted by atomic mass is 16.1. The first-order valence-electron chi connectivity index (χ1n) is 11.1. The Morgan fingerprint density at radius 2 is 1.97 bits per heavy atom. The van der Waals surface area contributed by atoms with Crippen molar-refractivity contribution in [3.8, 4) is 0 Å². The smallest absolute Gasteiger partial charge is 0.251 e. The summed E-state index contributed by atoms with van der Waals surface area (Å²) in [6.07, 6.45) is 7.25. The Balaban J connectivity index is 1.96. The quantitative estimate of drug-likeness (QED) is 0.418. The summed E-state index contributed by atoms with van der Waals surface area (Å²) in [7, 11) is 0. The Kier molecular flexibility index (Phi) is 5.76. The van der Waals surface area contributed by atoms with Crippen molar-refractivity contribution in [3.05, 3.63) is 58.7 Å². The van der Waals surface area contributed by atoms with E-state index in [1.807, 2.05) is 18.2 Å². The number of rotatable bonds is 6. The molecule has 0 unspecified atom stereocenters. The van der Waals surface area contributed by atoms with Gasteiger partial charge in [-0.3, -0.25) is 9.59 Å². The average Bonchev–Trinajstić information content (AvgIpc) is 2.94. The van der Waals surface area contributed by atoms with Crippen LogP contribution >= 0.6 is 0 Å². The highest BCUT2D eigenvalue weighted by molar-refractivity contribution is 6.14. The Hall–Kier alpha value is -2.88. The maximum absolute atomic E-state index is 12.6. The van der Waals surface area contributed by atoms with Crippen molar-refractivity contribution in [1.82, 2.24) is 9.88 Å². The first-order valence-corrected chi connectivity index (χ1v) is 11.1. The lowest BCUT2D eigenvalue weighted by Crippen LogP contribution is -2.22. The Morgan fingerprint density at radius 1 is 1.17 bits per heavy atom. The van der Waals surface area contributed by atoms with Gasteiger partial charge in [0.25, 0.3) is 5.91 Å². The number of allylic oxidation sites excluding steroid dienone is 2. The molecule has 0 saturated carbocycles. The van der Waals surface area contributed by atoms with Crippen molar-refractivity contribution in [2.75, 3.05) is 6.54 Å². The molecule has 4 heteroatoms. The van der Waals surface area contributed by atoms with E-state index in [0.29, 0.717) is 6.54 Å². The molecule has 1 N–H and O–H groups in total. The van der Waals surface area contributed by atoms with E-state index < -0.39 is 0 Å². The standard InChI is InChI=1S/C26H30N2O2/c1-4-7-18(5-2)13-15-28-23-11-9-19(17(3)29)16-22(23)25-20-8-6-14-27-26(30)21(20)10-12-24(25)28/h7,9-12,16H,4-6,8,13-15H2,1-3H3,(H,27,30). The van der Waals surface area contributed by atoms with Crippen LogP contribution in [0.4, 0.5) is 0 Å². The molecule has 156 valence electrons. The van der Waals surface area contributed by atoms with Gasteiger partial charge >= 0.3 is 0 Å². The summed E-state index contributed by atoms with van der Waals surface area (Å²) in [4.78, 5) is 24.7. The topological polar surface area (TPSA) is 51.1 Å². The Labute approximate surface area is 178 Å². The zero-order chi connectivity index (χ0) is 21.3. The van der Waals surface area contributed by atoms with Crippen molar-refractivity contribution in [2.24, 2.45) is 0 Å². The monoisotopic (exact) mass is 402 g/mol. The van der Waals surface area contributed by atoms with Gasteiger partial charge in [0.2, 0.25) is 0 Å². The highest BCUT2D eigenvalue weighted by Crippen LogP contribution is 2.36. The molecule has 0 atom stereocenters. The Morgan fingerprint density at radius 3 is 2.70 bits per heavy atom. The SMILES string of the molecule is CCC=C(CC)CCn1c2ccc(C(C)=O)cc2c2c3c(ccc21)C(=O)NCCC3. The number of nitrogens with one attached hydrogen (secondary N) is 1. The van der Waals surface area contributed by atoms with E-state index >= 15 is 0 Å². The third-order valence-corrected chi connectivity index (χ3v) is 6.28. The summed E-state index contributed by atoms with van der Waals surface area (Å²) < 4.78 is 2.37. The first kappa shape index (κ1) is 20.4. The van der Waals surface area contributed by atoms with Crippen molar-refractivity contribution in [1.29, 1.82) is 0 Å². The van der Waals surface area contributed by atoms with Crippen LogP contribution in [0, 0.1) is 0 Å². The summed E-state index contributed by atoms with van der Waals surface area (Å²) >= 11 is 0. The predicted octanol–water partition coefficient (Wildman–Crippen LogP) is 5.81. The molecular weight excluding hydrogens is 372 g/mol. The van der Waals surface area contributed by atoms with Gasteiger partial charge in [0.1, 0.15) is 0 Å². The zero-order valence-corrected chi connectivity index (χ0v) is 18.2. The fraction of sp³-hybridized carbons (Fsp3) is 0.385. The maximum Gasteiger partial charge on any atom is 0.251 e. The highest BCUT2D eigenvalue weighted by Gasteiger charge is 2.22. The number of benzene rings is 2. The molecule has 30 heavy (non-hydrogen) atoms. The molecule has 0 aliphatic carbocycles. The van der Waals surface area contributed by atoms with Crippen molar-refractivity contribution in [3.63, 3.8) is 0 Å². The summed E-state index contributed by atoms with van der Waals surface area (Å²) in [5.74, 6) is 0.0730. The number of hydrogen-bond donors (Lipinski definition) is 1. The van der Waals surface area contributed by atoms with Crippen LogP contribution < -0.4 is 5.32 Å². The number of hydrogen-bond acceptors (Lipinski definition) is 2. The molecule has 0 spiro atoms. The summed E-state index contributed by atoms with van der Waals surface area (Å²) in [6, 6.07) is 10.1. The number of carbonyl (C=O) groups excluding carboxylic acids is 2. The van der Waals surface area contributed by atoms with Crippen LogP contribution in [0.5, 0.6) is 0 Å². The number of aryl methyl sites for hydroxylation is 2. The number of fused-ring (bicyclic) bond motifs is 5. The van der Waals surface area contributed by atoms with Crippen molar-refractivity contribution in [2.45, 2.75) is 59.4 Å². The molecule has 1 aliphatic heterocycles. The molecule has 1 aliphatic rings. The number of aromatic nitrogens is 1. The molecule has 0 saturated heterocycles. The summed E-state index contributed by atoms with van der Waals surface area (Å²) in [6.45, 7) is 7.60. The lowest BCUT2D eigenvalue weighted by Gasteiger charge is -2.11. The van der Waals surface area contributed by atoms with Gasteiger partial charge in [-0.15, -0.1) is 0 Å². The number of carbonyl (C=O) groups is 2. The van der Waals surface area contributed by atoms with Crippen molar-refractivity contribution < 1.29 is 9.59 Å². The molecule has 3 aromatic rings. The number of nitrogens with zero attached hydrogens (tertiary/aromatic N) is 1. The summed E-state index contributed by atoms with van der Waals surface area (Å²) in [5, 5.41) is 5.23. The first-order chi connectivity index (χ1) is 14.5. The maximum atomic E-state index is 12.6. The molecule has 0 radical (unpaired) electrons. The second-order valence-corrected chi connectivity index (χ2v) is 8.16. The van der Waals surface area contributed by atoms with E-state index in [2.05, 4.69) is 41.9 Å². The number of Topliss-reactive ketones (excluding diaryl/α,β-unsaturated/α-hetero) is 1. The van der Waals surface area contributed by atoms with Gasteiger partial charge in [0.05, 0.1) is 0 Å². The van der Waals surface area contributed by atoms with Gasteiger partial charge < -0.3 is 9.88 Å². The van der Waals surface area contributed by atoms with Crippen LogP contribution in [0.2, 0.25) is 0 Å². The molecular formula is C26H30N2O2. The second kappa shape index (κ2) is 8.47. The van der Waals surface area contributed by atoms with Crippen LogP contribution in [0.1, 0.15) is 72.7 Å². The molecule has 2 heterocycles. The minimum Gasteiger partial charge on any atom is -0.352 e. The van der Waals surface area contributed by atoms with Gasteiger partial charge in [-0.05, 0) is 74.9 Å². The Bertz CT molecular complexity index is 1170. The largest absolute Gasteiger partial charge is 0.352 e. The van der Waals surface area contributed by atoms with Gasteiger partial charge in [-0.1, -0.05) is 25.5 Å². The minimum absolute atomic E-state index is 0.00664. The fourth-order valence-electron chi connectivity index (χ4n) is 4.72. The lowest BCUT2D eigenvalue weighted by molar-refractivity contribution is 0.0955. The zero-order valence-electron chi connectivity index (χ0n) is 18.2. The van der Waals surface area contributed by atoms with Crippen LogP contribution in [0.15, 0.2) is 42.0 Å². The number of ketones is 1. The van der Waals surface area contributed by atoms with Gasteiger partial charge in [0, 0.05) is 46.0 Å². The van der Waals surface area contributed by atoms with E-state index in [0.717, 1.165) is 77.1 Å². The van der Waals surface area contributed by atoms with Gasteiger partial charge in [0.15, 0.2) is 5.78 Å². The van der Waals surface area contributed by atoms with Crippen LogP contribution in [-0.4, -0.2) is 22.8 Å². The van der Waals surface area contributed by atoms with E-state index in [1.54, 1.807) is 6.92 Å². The van der Waals surface area contributed by atoms with Gasteiger partial charge in [-0.25, -0.2) is 0 Å². The minimum atomic E-state index is 0.00664. The van der Waals surface area contributed by atoms with Gasteiger partial charge in [-0.2, -0.15) is 0 Å². The summed E-state index contributed by atoms with van der Waals surface area (Å²) in [5.41, 5.74) is 6.38. The van der Waals surface area contributed by atoms with E-state index in [1.165, 1.54) is 5.57 Å². The van der Waals surface area contributed by atoms with Crippen molar-refractivity contribution >= 4 is 33.5 Å². The third kappa shape index (κ3) is 3.55. The molecule has 0 fully saturated rings. The molecule has 1 aromatic heterocycles. The lowest BCUT2D eigenvalue weighted by atomic mass is 9.96. The van der Waals surface area contributed by atoms with E-state index in [4.69, 9.17) is 0 Å². The van der Waals surface area contributed by atoms with Crippen LogP contribution in [-0.2, 0) is 13.0 Å². The molecule has 4 nitrogen and oxygen atoms in total. The predicted molar refractivity (Wildman–Crippen MR) is 123 cm³/mol. The fourth-order valence-corrected chi connectivity index (χ4v) is 4.72. The number of amides is 1. The van der Waals surface area contributed by atoms with E-state index in [-0.39, 0.29) is 11.7 Å². The average molecular weight is 403 g/mol. The molecule has 1 amide bonds. The molecule has 0 bridgehead atoms. The second-order valence-electron chi connectivity index (χ2n) is 8.16. The van der Waals surface area contributed by atoms with E-state index in [9.17, 15) is 9.59 Å². The molecule has 4 rings (SSSR count).